The number of carbonyl (C=O) groups is 2. The van der Waals surface area contributed by atoms with Gasteiger partial charge in [-0.1, -0.05) is 80.4 Å². The first-order valence-corrected chi connectivity index (χ1v) is 15.0. The van der Waals surface area contributed by atoms with E-state index in [0.717, 1.165) is 47.5 Å². The Labute approximate surface area is 231 Å². The molecule has 39 heavy (non-hydrogen) atoms. The lowest BCUT2D eigenvalue weighted by atomic mass is 10.1. The highest BCUT2D eigenvalue weighted by atomic mass is 32.2. The maximum atomic E-state index is 14.0. The lowest BCUT2D eigenvalue weighted by Gasteiger charge is -2.32. The zero-order valence-corrected chi connectivity index (χ0v) is 23.4. The Kier molecular flexibility index (Phi) is 9.41. The molecular formula is C31H37N3O4S. The van der Waals surface area contributed by atoms with Gasteiger partial charge in [0.05, 0.1) is 10.6 Å². The summed E-state index contributed by atoms with van der Waals surface area (Å²) in [7, 11) is -4.05. The third-order valence-electron chi connectivity index (χ3n) is 7.31. The standard InChI is InChI=1S/C31H37N3O4S/c1-3-25-18-20-28(21-19-25)34(39(37,38)29-16-8-5-9-17-29)23-30(35)33(22-26-12-6-4-7-13-26)24(2)31(36)32-27-14-10-11-15-27/h4-9,12-13,16-21,24,27H,3,10-11,14-15,22-23H2,1-2H3,(H,32,36)/t24-/m0/s1. The fourth-order valence-electron chi connectivity index (χ4n) is 4.90. The van der Waals surface area contributed by atoms with Gasteiger partial charge in [0.1, 0.15) is 12.6 Å². The average Bonchev–Trinajstić information content (AvgIpc) is 3.48. The Morgan fingerprint density at radius 3 is 2.05 bits per heavy atom. The van der Waals surface area contributed by atoms with E-state index in [1.54, 1.807) is 37.3 Å². The summed E-state index contributed by atoms with van der Waals surface area (Å²) in [4.78, 5) is 28.8. The molecular weight excluding hydrogens is 510 g/mol. The van der Waals surface area contributed by atoms with E-state index in [9.17, 15) is 18.0 Å². The van der Waals surface area contributed by atoms with Crippen LogP contribution < -0.4 is 9.62 Å². The molecule has 0 spiro atoms. The van der Waals surface area contributed by atoms with Crippen LogP contribution in [0, 0.1) is 0 Å². The van der Waals surface area contributed by atoms with Gasteiger partial charge in [-0.2, -0.15) is 0 Å². The number of anilines is 1. The molecule has 0 bridgehead atoms. The minimum atomic E-state index is -4.05. The fourth-order valence-corrected chi connectivity index (χ4v) is 6.34. The molecule has 2 amide bonds. The minimum Gasteiger partial charge on any atom is -0.352 e. The molecule has 0 aliphatic heterocycles. The third kappa shape index (κ3) is 7.06. The molecule has 1 N–H and O–H groups in total. The molecule has 0 heterocycles. The van der Waals surface area contributed by atoms with E-state index in [-0.39, 0.29) is 23.4 Å². The van der Waals surface area contributed by atoms with Crippen LogP contribution in [0.15, 0.2) is 89.8 Å². The second kappa shape index (κ2) is 12.9. The lowest BCUT2D eigenvalue weighted by molar-refractivity contribution is -0.139. The minimum absolute atomic E-state index is 0.0963. The van der Waals surface area contributed by atoms with E-state index in [4.69, 9.17) is 0 Å². The van der Waals surface area contributed by atoms with Crippen LogP contribution in [0.1, 0.15) is 50.7 Å². The van der Waals surface area contributed by atoms with Gasteiger partial charge in [0.25, 0.3) is 10.0 Å². The maximum absolute atomic E-state index is 14.0. The summed E-state index contributed by atoms with van der Waals surface area (Å²) >= 11 is 0. The molecule has 3 aromatic carbocycles. The summed E-state index contributed by atoms with van der Waals surface area (Å²) in [5.41, 5.74) is 2.31. The number of carbonyl (C=O) groups excluding carboxylic acids is 2. The quantitative estimate of drug-likeness (QED) is 0.369. The summed E-state index contributed by atoms with van der Waals surface area (Å²) in [6.45, 7) is 3.48. The third-order valence-corrected chi connectivity index (χ3v) is 9.10. The molecule has 206 valence electrons. The summed E-state index contributed by atoms with van der Waals surface area (Å²) in [6.07, 6.45) is 4.83. The smallest absolute Gasteiger partial charge is 0.264 e. The summed E-state index contributed by atoms with van der Waals surface area (Å²) in [6, 6.07) is 24.1. The fraction of sp³-hybridized carbons (Fsp3) is 0.355. The van der Waals surface area contributed by atoms with Crippen LogP contribution in [0.3, 0.4) is 0 Å². The lowest BCUT2D eigenvalue weighted by Crippen LogP contribution is -2.52. The van der Waals surface area contributed by atoms with Crippen molar-refractivity contribution in [2.24, 2.45) is 0 Å². The van der Waals surface area contributed by atoms with E-state index in [1.807, 2.05) is 49.4 Å². The summed E-state index contributed by atoms with van der Waals surface area (Å²) in [5, 5.41) is 3.09. The van der Waals surface area contributed by atoms with Gasteiger partial charge < -0.3 is 10.2 Å². The number of nitrogens with one attached hydrogen (secondary N) is 1. The molecule has 1 aliphatic carbocycles. The predicted molar refractivity (Wildman–Crippen MR) is 154 cm³/mol. The number of benzene rings is 3. The Balaban J connectivity index is 1.66. The van der Waals surface area contributed by atoms with Gasteiger partial charge in [0.2, 0.25) is 11.8 Å². The van der Waals surface area contributed by atoms with Gasteiger partial charge in [-0.25, -0.2) is 8.42 Å². The zero-order chi connectivity index (χ0) is 27.8. The molecule has 4 rings (SSSR count). The zero-order valence-electron chi connectivity index (χ0n) is 22.6. The van der Waals surface area contributed by atoms with Crippen molar-refractivity contribution in [2.75, 3.05) is 10.8 Å². The highest BCUT2D eigenvalue weighted by Crippen LogP contribution is 2.25. The molecule has 0 aromatic heterocycles. The van der Waals surface area contributed by atoms with E-state index in [2.05, 4.69) is 5.32 Å². The average molecular weight is 548 g/mol. The highest BCUT2D eigenvalue weighted by Gasteiger charge is 2.33. The van der Waals surface area contributed by atoms with Crippen molar-refractivity contribution in [1.82, 2.24) is 10.2 Å². The number of amides is 2. The van der Waals surface area contributed by atoms with Gasteiger partial charge in [0, 0.05) is 12.6 Å². The van der Waals surface area contributed by atoms with Crippen LogP contribution in [0.5, 0.6) is 0 Å². The van der Waals surface area contributed by atoms with Crippen molar-refractivity contribution in [3.63, 3.8) is 0 Å². The van der Waals surface area contributed by atoms with Crippen molar-refractivity contribution in [2.45, 2.75) is 69.5 Å². The van der Waals surface area contributed by atoms with E-state index >= 15 is 0 Å². The number of aryl methyl sites for hydroxylation is 1. The Morgan fingerprint density at radius 2 is 1.46 bits per heavy atom. The van der Waals surface area contributed by atoms with Crippen molar-refractivity contribution < 1.29 is 18.0 Å². The number of nitrogens with zero attached hydrogens (tertiary/aromatic N) is 2. The first kappa shape index (κ1) is 28.4. The van der Waals surface area contributed by atoms with Crippen LogP contribution in [0.4, 0.5) is 5.69 Å². The highest BCUT2D eigenvalue weighted by molar-refractivity contribution is 7.92. The van der Waals surface area contributed by atoms with Crippen LogP contribution in [0.2, 0.25) is 0 Å². The molecule has 1 saturated carbocycles. The van der Waals surface area contributed by atoms with Crippen LogP contribution in [-0.4, -0.2) is 43.8 Å². The van der Waals surface area contributed by atoms with Gasteiger partial charge in [-0.3, -0.25) is 13.9 Å². The molecule has 1 atom stereocenters. The molecule has 0 saturated heterocycles. The van der Waals surface area contributed by atoms with Crippen LogP contribution in [-0.2, 0) is 32.6 Å². The maximum Gasteiger partial charge on any atom is 0.264 e. The topological polar surface area (TPSA) is 86.8 Å². The molecule has 3 aromatic rings. The number of rotatable bonds is 11. The number of hydrogen-bond acceptors (Lipinski definition) is 4. The van der Waals surface area contributed by atoms with E-state index in [1.165, 1.54) is 17.0 Å². The van der Waals surface area contributed by atoms with Gasteiger partial charge in [0.15, 0.2) is 0 Å². The van der Waals surface area contributed by atoms with Crippen molar-refractivity contribution in [1.29, 1.82) is 0 Å². The van der Waals surface area contributed by atoms with Gasteiger partial charge >= 0.3 is 0 Å². The van der Waals surface area contributed by atoms with E-state index in [0.29, 0.717) is 5.69 Å². The molecule has 1 aliphatic rings. The Morgan fingerprint density at radius 1 is 0.872 bits per heavy atom. The Hall–Kier alpha value is -3.65. The Bertz CT molecular complexity index is 1340. The second-order valence-corrected chi connectivity index (χ2v) is 11.9. The number of sulfonamides is 1. The largest absolute Gasteiger partial charge is 0.352 e. The van der Waals surface area contributed by atoms with Crippen molar-refractivity contribution in [3.05, 3.63) is 96.1 Å². The van der Waals surface area contributed by atoms with Crippen molar-refractivity contribution in [3.8, 4) is 0 Å². The van der Waals surface area contributed by atoms with Gasteiger partial charge in [-0.15, -0.1) is 0 Å². The number of hydrogen-bond donors (Lipinski definition) is 1. The van der Waals surface area contributed by atoms with E-state index < -0.39 is 28.5 Å². The summed E-state index contributed by atoms with van der Waals surface area (Å²) < 4.78 is 28.8. The monoisotopic (exact) mass is 547 g/mol. The molecule has 0 radical (unpaired) electrons. The first-order chi connectivity index (χ1) is 18.8. The molecule has 1 fully saturated rings. The predicted octanol–water partition coefficient (Wildman–Crippen LogP) is 4.92. The van der Waals surface area contributed by atoms with Crippen LogP contribution in [0.25, 0.3) is 0 Å². The molecule has 8 heteroatoms. The van der Waals surface area contributed by atoms with Crippen molar-refractivity contribution >= 4 is 27.5 Å². The SMILES string of the molecule is CCc1ccc(N(CC(=O)N(Cc2ccccc2)[C@@H](C)C(=O)NC2CCCC2)S(=O)(=O)c2ccccc2)cc1. The summed E-state index contributed by atoms with van der Waals surface area (Å²) in [5.74, 6) is -0.678. The molecule has 7 nitrogen and oxygen atoms in total. The normalized spacial score (nSPS) is 14.5. The van der Waals surface area contributed by atoms with Crippen LogP contribution >= 0.6 is 0 Å². The molecule has 0 unspecified atom stereocenters. The van der Waals surface area contributed by atoms with Gasteiger partial charge in [-0.05, 0) is 61.6 Å². The first-order valence-electron chi connectivity index (χ1n) is 13.6. The second-order valence-electron chi connectivity index (χ2n) is 10.0.